The van der Waals surface area contributed by atoms with Crippen molar-refractivity contribution >= 4 is 11.8 Å². The van der Waals surface area contributed by atoms with Gasteiger partial charge in [0.05, 0.1) is 6.42 Å². The van der Waals surface area contributed by atoms with Crippen LogP contribution in [0.3, 0.4) is 0 Å². The number of pyridine rings is 1. The highest BCUT2D eigenvalue weighted by Crippen LogP contribution is 2.42. The Kier molecular flexibility index (Phi) is 3.91. The molecule has 0 radical (unpaired) electrons. The molecule has 0 fully saturated rings. The quantitative estimate of drug-likeness (QED) is 0.583. The van der Waals surface area contributed by atoms with E-state index in [4.69, 9.17) is 0 Å². The summed E-state index contributed by atoms with van der Waals surface area (Å²) in [4.78, 5) is 1.21. The van der Waals surface area contributed by atoms with E-state index >= 15 is 0 Å². The SMILES string of the molecule is CSc1ccc([C@@]2(O)Cc3cccc[n+]3[C@H]2c2ccccc2)cc1. The van der Waals surface area contributed by atoms with Crippen molar-refractivity contribution in [2.24, 2.45) is 0 Å². The zero-order valence-corrected chi connectivity index (χ0v) is 14.4. The number of aliphatic hydroxyl groups is 1. The lowest BCUT2D eigenvalue weighted by atomic mass is 9.82. The van der Waals surface area contributed by atoms with E-state index < -0.39 is 5.60 Å². The van der Waals surface area contributed by atoms with E-state index in [0.717, 1.165) is 16.8 Å². The molecule has 0 aliphatic carbocycles. The molecule has 2 aromatic carbocycles. The number of aromatic nitrogens is 1. The fraction of sp³-hybridized carbons (Fsp3) is 0.190. The number of nitrogens with zero attached hydrogens (tertiary/aromatic N) is 1. The Labute approximate surface area is 146 Å². The molecule has 2 atom stereocenters. The van der Waals surface area contributed by atoms with Crippen molar-refractivity contribution in [3.8, 4) is 0 Å². The van der Waals surface area contributed by atoms with Crippen LogP contribution >= 0.6 is 11.8 Å². The van der Waals surface area contributed by atoms with Gasteiger partial charge in [0.2, 0.25) is 6.04 Å². The Hall–Kier alpha value is -2.10. The van der Waals surface area contributed by atoms with E-state index in [1.165, 1.54) is 4.90 Å². The third-order valence-electron chi connectivity index (χ3n) is 4.86. The molecular weight excluding hydrogens is 314 g/mol. The Bertz CT molecular complexity index is 847. The molecule has 120 valence electrons. The number of fused-ring (bicyclic) bond motifs is 1. The van der Waals surface area contributed by atoms with E-state index in [0.29, 0.717) is 6.42 Å². The number of benzene rings is 2. The van der Waals surface area contributed by atoms with Crippen molar-refractivity contribution in [2.45, 2.75) is 23.0 Å². The van der Waals surface area contributed by atoms with E-state index in [9.17, 15) is 5.11 Å². The molecule has 0 spiro atoms. The second-order valence-corrected chi connectivity index (χ2v) is 7.12. The van der Waals surface area contributed by atoms with E-state index in [2.05, 4.69) is 59.5 Å². The largest absolute Gasteiger partial charge is 0.377 e. The summed E-state index contributed by atoms with van der Waals surface area (Å²) < 4.78 is 2.21. The predicted octanol–water partition coefficient (Wildman–Crippen LogP) is 3.73. The highest BCUT2D eigenvalue weighted by molar-refractivity contribution is 7.98. The monoisotopic (exact) mass is 334 g/mol. The topological polar surface area (TPSA) is 24.1 Å². The maximum atomic E-state index is 11.7. The number of hydrogen-bond donors (Lipinski definition) is 1. The van der Waals surface area contributed by atoms with Crippen LogP contribution in [0.4, 0.5) is 0 Å². The van der Waals surface area contributed by atoms with Gasteiger partial charge in [-0.25, -0.2) is 0 Å². The second-order valence-electron chi connectivity index (χ2n) is 6.24. The van der Waals surface area contributed by atoms with Crippen molar-refractivity contribution in [3.63, 3.8) is 0 Å². The zero-order valence-electron chi connectivity index (χ0n) is 13.6. The first-order valence-electron chi connectivity index (χ1n) is 8.13. The molecular formula is C21H20NOS+. The average Bonchev–Trinajstić information content (AvgIpc) is 2.95. The molecule has 0 saturated carbocycles. The van der Waals surface area contributed by atoms with Gasteiger partial charge in [0, 0.05) is 22.6 Å². The van der Waals surface area contributed by atoms with Crippen LogP contribution in [-0.2, 0) is 12.0 Å². The molecule has 2 heterocycles. The summed E-state index contributed by atoms with van der Waals surface area (Å²) in [6, 6.07) is 24.6. The summed E-state index contributed by atoms with van der Waals surface area (Å²) in [5.74, 6) is 0. The Balaban J connectivity index is 1.87. The van der Waals surface area contributed by atoms with Crippen LogP contribution in [-0.4, -0.2) is 11.4 Å². The molecule has 1 aliphatic heterocycles. The van der Waals surface area contributed by atoms with Crippen LogP contribution < -0.4 is 4.57 Å². The van der Waals surface area contributed by atoms with Crippen LogP contribution in [0, 0.1) is 0 Å². The van der Waals surface area contributed by atoms with Gasteiger partial charge in [-0.15, -0.1) is 11.8 Å². The fourth-order valence-corrected chi connectivity index (χ4v) is 4.12. The van der Waals surface area contributed by atoms with Gasteiger partial charge in [-0.05, 0) is 24.0 Å². The molecule has 0 bridgehead atoms. The van der Waals surface area contributed by atoms with Crippen LogP contribution in [0.5, 0.6) is 0 Å². The molecule has 4 rings (SSSR count). The lowest BCUT2D eigenvalue weighted by molar-refractivity contribution is -0.717. The molecule has 3 aromatic rings. The molecule has 0 unspecified atom stereocenters. The molecule has 1 aliphatic rings. The highest BCUT2D eigenvalue weighted by atomic mass is 32.2. The van der Waals surface area contributed by atoms with Crippen molar-refractivity contribution in [3.05, 3.63) is 95.8 Å². The van der Waals surface area contributed by atoms with Gasteiger partial charge in [-0.3, -0.25) is 0 Å². The lowest BCUT2D eigenvalue weighted by Crippen LogP contribution is -2.46. The molecule has 1 aromatic heterocycles. The van der Waals surface area contributed by atoms with Crippen molar-refractivity contribution in [2.75, 3.05) is 6.26 Å². The molecule has 0 saturated heterocycles. The smallest absolute Gasteiger partial charge is 0.216 e. The van der Waals surface area contributed by atoms with Crippen LogP contribution in [0.1, 0.15) is 22.9 Å². The minimum absolute atomic E-state index is 0.116. The minimum atomic E-state index is -0.938. The summed E-state index contributed by atoms with van der Waals surface area (Å²) in [5.41, 5.74) is 2.32. The van der Waals surface area contributed by atoms with Crippen molar-refractivity contribution in [1.29, 1.82) is 0 Å². The van der Waals surface area contributed by atoms with Gasteiger partial charge in [0.1, 0.15) is 0 Å². The molecule has 24 heavy (non-hydrogen) atoms. The molecule has 2 nitrogen and oxygen atoms in total. The standard InChI is InChI=1S/C21H20NOS/c1-24-19-12-10-17(11-13-19)21(23)15-18-9-5-6-14-22(18)20(21)16-7-3-2-4-8-16/h2-14,20,23H,15H2,1H3/q+1/t20-,21-/m0/s1. The summed E-state index contributed by atoms with van der Waals surface area (Å²) in [6.07, 6.45) is 4.75. The average molecular weight is 334 g/mol. The number of hydrogen-bond acceptors (Lipinski definition) is 2. The maximum absolute atomic E-state index is 11.7. The van der Waals surface area contributed by atoms with Gasteiger partial charge in [-0.2, -0.15) is 4.57 Å². The first-order valence-corrected chi connectivity index (χ1v) is 9.36. The first kappa shape index (κ1) is 15.4. The third-order valence-corrected chi connectivity index (χ3v) is 5.61. The second kappa shape index (κ2) is 6.08. The van der Waals surface area contributed by atoms with Gasteiger partial charge in [-0.1, -0.05) is 48.5 Å². The lowest BCUT2D eigenvalue weighted by Gasteiger charge is -2.26. The molecule has 0 amide bonds. The van der Waals surface area contributed by atoms with E-state index in [-0.39, 0.29) is 6.04 Å². The first-order chi connectivity index (χ1) is 11.7. The molecule has 1 N–H and O–H groups in total. The fourth-order valence-electron chi connectivity index (χ4n) is 3.71. The number of rotatable bonds is 3. The maximum Gasteiger partial charge on any atom is 0.216 e. The van der Waals surface area contributed by atoms with Gasteiger partial charge >= 0.3 is 0 Å². The van der Waals surface area contributed by atoms with Gasteiger partial charge in [0.15, 0.2) is 17.5 Å². The van der Waals surface area contributed by atoms with E-state index in [1.54, 1.807) is 11.8 Å². The number of thioether (sulfide) groups is 1. The minimum Gasteiger partial charge on any atom is -0.377 e. The highest BCUT2D eigenvalue weighted by Gasteiger charge is 2.53. The predicted molar refractivity (Wildman–Crippen MR) is 97.0 cm³/mol. The Morgan fingerprint density at radius 1 is 0.958 bits per heavy atom. The van der Waals surface area contributed by atoms with Crippen molar-refractivity contribution in [1.82, 2.24) is 0 Å². The normalized spacial score (nSPS) is 22.3. The van der Waals surface area contributed by atoms with Crippen LogP contribution in [0.2, 0.25) is 0 Å². The summed E-state index contributed by atoms with van der Waals surface area (Å²) >= 11 is 1.72. The van der Waals surface area contributed by atoms with Crippen LogP contribution in [0.25, 0.3) is 0 Å². The Morgan fingerprint density at radius 2 is 1.67 bits per heavy atom. The van der Waals surface area contributed by atoms with E-state index in [1.807, 2.05) is 30.3 Å². The van der Waals surface area contributed by atoms with Crippen LogP contribution in [0.15, 0.2) is 83.9 Å². The Morgan fingerprint density at radius 3 is 2.38 bits per heavy atom. The summed E-state index contributed by atoms with van der Waals surface area (Å²) in [6.45, 7) is 0. The third kappa shape index (κ3) is 2.45. The zero-order chi connectivity index (χ0) is 16.6. The van der Waals surface area contributed by atoms with Crippen molar-refractivity contribution < 1.29 is 9.67 Å². The summed E-state index contributed by atoms with van der Waals surface area (Å²) in [7, 11) is 0. The summed E-state index contributed by atoms with van der Waals surface area (Å²) in [5, 5.41) is 11.7. The molecule has 3 heteroatoms. The van der Waals surface area contributed by atoms with Gasteiger partial charge in [0.25, 0.3) is 0 Å². The van der Waals surface area contributed by atoms with Gasteiger partial charge < -0.3 is 5.11 Å².